The van der Waals surface area contributed by atoms with Crippen molar-refractivity contribution in [2.24, 2.45) is 5.92 Å². The second-order valence-corrected chi connectivity index (χ2v) is 4.79. The highest BCUT2D eigenvalue weighted by Gasteiger charge is 2.11. The minimum absolute atomic E-state index is 0.0117. The fourth-order valence-corrected chi connectivity index (χ4v) is 1.64. The lowest BCUT2D eigenvalue weighted by molar-refractivity contribution is -0.123. The number of hydrogen-bond acceptors (Lipinski definition) is 2. The van der Waals surface area contributed by atoms with E-state index in [4.69, 9.17) is 0 Å². The first-order chi connectivity index (χ1) is 8.91. The molecule has 0 saturated carbocycles. The van der Waals surface area contributed by atoms with Crippen LogP contribution < -0.4 is 10.6 Å². The molecule has 1 atom stereocenters. The number of benzene rings is 1. The Morgan fingerprint density at radius 3 is 2.47 bits per heavy atom. The number of rotatable bonds is 6. The second-order valence-electron chi connectivity index (χ2n) is 4.79. The van der Waals surface area contributed by atoms with Crippen molar-refractivity contribution in [1.82, 2.24) is 10.6 Å². The van der Waals surface area contributed by atoms with Gasteiger partial charge >= 0.3 is 0 Å². The van der Waals surface area contributed by atoms with Crippen molar-refractivity contribution in [3.63, 3.8) is 0 Å². The molecule has 0 aliphatic carbocycles. The molecule has 0 heterocycles. The molecule has 0 fully saturated rings. The quantitative estimate of drug-likeness (QED) is 0.779. The number of carbonyl (C=O) groups excluding carboxylic acids is 1. The van der Waals surface area contributed by atoms with Crippen molar-refractivity contribution in [3.8, 4) is 0 Å². The van der Waals surface area contributed by atoms with E-state index in [0.717, 1.165) is 6.07 Å². The van der Waals surface area contributed by atoms with E-state index in [9.17, 15) is 13.6 Å². The first-order valence-electron chi connectivity index (χ1n) is 6.38. The average molecular weight is 270 g/mol. The highest BCUT2D eigenvalue weighted by Crippen LogP contribution is 2.17. The topological polar surface area (TPSA) is 41.1 Å². The van der Waals surface area contributed by atoms with E-state index in [-0.39, 0.29) is 17.9 Å². The van der Waals surface area contributed by atoms with Crippen LogP contribution in [0, 0.1) is 17.6 Å². The largest absolute Gasteiger partial charge is 0.355 e. The van der Waals surface area contributed by atoms with Crippen LogP contribution in [0.15, 0.2) is 18.2 Å². The van der Waals surface area contributed by atoms with Gasteiger partial charge in [0.2, 0.25) is 5.91 Å². The van der Waals surface area contributed by atoms with Gasteiger partial charge in [0, 0.05) is 36.7 Å². The van der Waals surface area contributed by atoms with Gasteiger partial charge in [-0.3, -0.25) is 4.79 Å². The fourth-order valence-electron chi connectivity index (χ4n) is 1.64. The summed E-state index contributed by atoms with van der Waals surface area (Å²) in [5, 5.41) is 5.83. The summed E-state index contributed by atoms with van der Waals surface area (Å²) >= 11 is 0. The Kier molecular flexibility index (Phi) is 5.89. The summed E-state index contributed by atoms with van der Waals surface area (Å²) in [5.74, 6) is -1.21. The standard InChI is InChI=1S/C14H20F2N2O/c1-9(2)14(19)18-7-6-17-10(3)12-5-4-11(15)8-13(12)16/h4-5,8-10,17H,6-7H2,1-3H3,(H,18,19). The summed E-state index contributed by atoms with van der Waals surface area (Å²) in [6, 6.07) is 3.29. The summed E-state index contributed by atoms with van der Waals surface area (Å²) < 4.78 is 26.3. The number of halogens is 2. The molecule has 0 radical (unpaired) electrons. The van der Waals surface area contributed by atoms with E-state index >= 15 is 0 Å². The van der Waals surface area contributed by atoms with Crippen LogP contribution in [0.2, 0.25) is 0 Å². The summed E-state index contributed by atoms with van der Waals surface area (Å²) in [4.78, 5) is 11.3. The molecule has 1 unspecified atom stereocenters. The minimum atomic E-state index is -0.586. The Balaban J connectivity index is 2.39. The van der Waals surface area contributed by atoms with Crippen LogP contribution in [0.5, 0.6) is 0 Å². The fraction of sp³-hybridized carbons (Fsp3) is 0.500. The van der Waals surface area contributed by atoms with Crippen LogP contribution in [0.1, 0.15) is 32.4 Å². The molecule has 1 aromatic rings. The molecule has 1 amide bonds. The van der Waals surface area contributed by atoms with Gasteiger partial charge in [0.25, 0.3) is 0 Å². The van der Waals surface area contributed by atoms with E-state index < -0.39 is 11.6 Å². The Hall–Kier alpha value is -1.49. The molecule has 0 spiro atoms. The van der Waals surface area contributed by atoms with E-state index in [2.05, 4.69) is 10.6 Å². The molecule has 2 N–H and O–H groups in total. The zero-order valence-electron chi connectivity index (χ0n) is 11.5. The maximum absolute atomic E-state index is 13.5. The lowest BCUT2D eigenvalue weighted by atomic mass is 10.1. The van der Waals surface area contributed by atoms with Crippen molar-refractivity contribution in [3.05, 3.63) is 35.4 Å². The van der Waals surface area contributed by atoms with Gasteiger partial charge in [-0.1, -0.05) is 19.9 Å². The summed E-state index contributed by atoms with van der Waals surface area (Å²) in [6.45, 7) is 6.43. The Labute approximate surface area is 112 Å². The summed E-state index contributed by atoms with van der Waals surface area (Å²) in [7, 11) is 0. The first kappa shape index (κ1) is 15.6. The smallest absolute Gasteiger partial charge is 0.222 e. The van der Waals surface area contributed by atoms with Crippen LogP contribution in [-0.4, -0.2) is 19.0 Å². The molecule has 0 aromatic heterocycles. The van der Waals surface area contributed by atoms with Gasteiger partial charge in [0.05, 0.1) is 0 Å². The lowest BCUT2D eigenvalue weighted by Gasteiger charge is -2.15. The van der Waals surface area contributed by atoms with Crippen molar-refractivity contribution in [1.29, 1.82) is 0 Å². The van der Waals surface area contributed by atoms with Gasteiger partial charge in [-0.25, -0.2) is 8.78 Å². The van der Waals surface area contributed by atoms with Crippen LogP contribution in [-0.2, 0) is 4.79 Å². The molecule has 3 nitrogen and oxygen atoms in total. The third-order valence-electron chi connectivity index (χ3n) is 2.83. The van der Waals surface area contributed by atoms with E-state index in [1.165, 1.54) is 12.1 Å². The predicted octanol–water partition coefficient (Wildman–Crippen LogP) is 2.39. The van der Waals surface area contributed by atoms with Gasteiger partial charge in [-0.05, 0) is 13.0 Å². The normalized spacial score (nSPS) is 12.5. The van der Waals surface area contributed by atoms with Gasteiger partial charge in [0.1, 0.15) is 11.6 Å². The summed E-state index contributed by atoms with van der Waals surface area (Å²) in [6.07, 6.45) is 0. The summed E-state index contributed by atoms with van der Waals surface area (Å²) in [5.41, 5.74) is 0.414. The van der Waals surface area contributed by atoms with E-state index in [0.29, 0.717) is 18.7 Å². The molecule has 0 aliphatic rings. The number of hydrogen-bond donors (Lipinski definition) is 2. The predicted molar refractivity (Wildman–Crippen MR) is 70.6 cm³/mol. The molecule has 0 saturated heterocycles. The number of carbonyl (C=O) groups is 1. The monoisotopic (exact) mass is 270 g/mol. The van der Waals surface area contributed by atoms with Crippen LogP contribution in [0.4, 0.5) is 8.78 Å². The zero-order valence-corrected chi connectivity index (χ0v) is 11.5. The molecule has 1 aromatic carbocycles. The molecular formula is C14H20F2N2O. The Bertz CT molecular complexity index is 435. The van der Waals surface area contributed by atoms with Crippen molar-refractivity contribution >= 4 is 5.91 Å². The van der Waals surface area contributed by atoms with Crippen molar-refractivity contribution in [2.75, 3.05) is 13.1 Å². The van der Waals surface area contributed by atoms with Crippen LogP contribution in [0.3, 0.4) is 0 Å². The van der Waals surface area contributed by atoms with E-state index in [1.54, 1.807) is 6.92 Å². The molecule has 106 valence electrons. The highest BCUT2D eigenvalue weighted by molar-refractivity contribution is 5.77. The number of amides is 1. The van der Waals surface area contributed by atoms with Gasteiger partial charge in [0.15, 0.2) is 0 Å². The lowest BCUT2D eigenvalue weighted by Crippen LogP contribution is -2.35. The van der Waals surface area contributed by atoms with Gasteiger partial charge in [-0.15, -0.1) is 0 Å². The van der Waals surface area contributed by atoms with Gasteiger partial charge < -0.3 is 10.6 Å². The maximum atomic E-state index is 13.5. The minimum Gasteiger partial charge on any atom is -0.355 e. The molecule has 1 rings (SSSR count). The average Bonchev–Trinajstić information content (AvgIpc) is 2.33. The zero-order chi connectivity index (χ0) is 14.4. The van der Waals surface area contributed by atoms with E-state index in [1.807, 2.05) is 13.8 Å². The molecule has 5 heteroatoms. The highest BCUT2D eigenvalue weighted by atomic mass is 19.1. The third-order valence-corrected chi connectivity index (χ3v) is 2.83. The molecule has 0 aliphatic heterocycles. The first-order valence-corrected chi connectivity index (χ1v) is 6.38. The number of nitrogens with one attached hydrogen (secondary N) is 2. The molecular weight excluding hydrogens is 250 g/mol. The Morgan fingerprint density at radius 1 is 1.21 bits per heavy atom. The maximum Gasteiger partial charge on any atom is 0.222 e. The van der Waals surface area contributed by atoms with Crippen molar-refractivity contribution < 1.29 is 13.6 Å². The molecule has 0 bridgehead atoms. The Morgan fingerprint density at radius 2 is 1.89 bits per heavy atom. The molecule has 19 heavy (non-hydrogen) atoms. The third kappa shape index (κ3) is 4.95. The van der Waals surface area contributed by atoms with Gasteiger partial charge in [-0.2, -0.15) is 0 Å². The SMILES string of the molecule is CC(C)C(=O)NCCNC(C)c1ccc(F)cc1F. The van der Waals surface area contributed by atoms with Crippen LogP contribution in [0.25, 0.3) is 0 Å². The second kappa shape index (κ2) is 7.19. The van der Waals surface area contributed by atoms with Crippen molar-refractivity contribution in [2.45, 2.75) is 26.8 Å². The van der Waals surface area contributed by atoms with Crippen LogP contribution >= 0.6 is 0 Å².